The minimum atomic E-state index is -0.390. The van der Waals surface area contributed by atoms with Crippen molar-refractivity contribution in [1.29, 1.82) is 0 Å². The number of nitrogens with two attached hydrogens (primary N) is 6. The SMILES string of the molecule is CN(SON)c1c(SCCN)ccc(-c2cnc(N)c(C(=O)NCCN)c2)c1/C(N)=N/NN. The molecule has 1 aromatic carbocycles. The molecule has 15 heteroatoms. The summed E-state index contributed by atoms with van der Waals surface area (Å²) in [7, 11) is 1.75. The van der Waals surface area contributed by atoms with Gasteiger partial charge >= 0.3 is 0 Å². The summed E-state index contributed by atoms with van der Waals surface area (Å²) in [6.07, 6.45) is 1.54. The molecule has 0 spiro atoms. The maximum atomic E-state index is 12.5. The van der Waals surface area contributed by atoms with Gasteiger partial charge in [0, 0.05) is 49.1 Å². The monoisotopic (exact) mass is 495 g/mol. The molecule has 0 saturated carbocycles. The summed E-state index contributed by atoms with van der Waals surface area (Å²) >= 11 is 2.42. The van der Waals surface area contributed by atoms with Gasteiger partial charge < -0.3 is 28.3 Å². The molecule has 0 atom stereocenters. The molecular weight excluding hydrogens is 466 g/mol. The summed E-state index contributed by atoms with van der Waals surface area (Å²) in [5.74, 6) is 11.1. The molecule has 0 aliphatic carbocycles. The number of carbonyl (C=O) groups is 1. The van der Waals surface area contributed by atoms with Crippen LogP contribution in [0.25, 0.3) is 11.1 Å². The van der Waals surface area contributed by atoms with Gasteiger partial charge in [0.15, 0.2) is 5.84 Å². The Bertz CT molecular complexity index is 990. The number of aromatic nitrogens is 1. The van der Waals surface area contributed by atoms with Crippen molar-refractivity contribution in [3.05, 3.63) is 35.5 Å². The first kappa shape index (κ1) is 26.5. The van der Waals surface area contributed by atoms with Crippen molar-refractivity contribution in [2.24, 2.45) is 34.0 Å². The van der Waals surface area contributed by atoms with E-state index >= 15 is 0 Å². The Morgan fingerprint density at radius 1 is 1.30 bits per heavy atom. The third-order valence-electron chi connectivity index (χ3n) is 4.33. The zero-order valence-electron chi connectivity index (χ0n) is 18.1. The molecule has 1 amide bonds. The van der Waals surface area contributed by atoms with Crippen LogP contribution in [0.3, 0.4) is 0 Å². The number of amides is 1. The Labute approximate surface area is 200 Å². The first-order chi connectivity index (χ1) is 15.9. The summed E-state index contributed by atoms with van der Waals surface area (Å²) in [6, 6.07) is 5.36. The Morgan fingerprint density at radius 3 is 2.70 bits per heavy atom. The normalized spacial score (nSPS) is 11.4. The Balaban J connectivity index is 2.76. The molecule has 180 valence electrons. The number of pyridine rings is 1. The van der Waals surface area contributed by atoms with Crippen molar-refractivity contribution < 1.29 is 9.08 Å². The average molecular weight is 496 g/mol. The second-order valence-corrected chi connectivity index (χ2v) is 8.49. The van der Waals surface area contributed by atoms with Gasteiger partial charge in [-0.05, 0) is 17.7 Å². The summed E-state index contributed by atoms with van der Waals surface area (Å²) in [4.78, 5) is 17.6. The van der Waals surface area contributed by atoms with Crippen LogP contribution >= 0.6 is 24.0 Å². The fourth-order valence-electron chi connectivity index (χ4n) is 2.98. The van der Waals surface area contributed by atoms with Gasteiger partial charge in [-0.25, -0.2) is 26.5 Å². The highest BCUT2D eigenvalue weighted by atomic mass is 32.2. The quantitative estimate of drug-likeness (QED) is 0.0337. The van der Waals surface area contributed by atoms with E-state index in [9.17, 15) is 4.79 Å². The van der Waals surface area contributed by atoms with Gasteiger partial charge in [-0.1, -0.05) is 6.07 Å². The molecule has 0 unspecified atom stereocenters. The highest BCUT2D eigenvalue weighted by Crippen LogP contribution is 2.41. The van der Waals surface area contributed by atoms with E-state index < -0.39 is 5.91 Å². The van der Waals surface area contributed by atoms with Crippen LogP contribution in [0.15, 0.2) is 34.4 Å². The Hall–Kier alpha value is -2.79. The molecular formula is C18H29N11O2S2. The third-order valence-corrected chi connectivity index (χ3v) is 5.90. The van der Waals surface area contributed by atoms with Crippen LogP contribution in [0.2, 0.25) is 0 Å². The van der Waals surface area contributed by atoms with E-state index in [1.54, 1.807) is 23.6 Å². The number of hydrogen-bond donors (Lipinski definition) is 8. The van der Waals surface area contributed by atoms with Gasteiger partial charge in [0.1, 0.15) is 18.0 Å². The zero-order chi connectivity index (χ0) is 24.4. The topological polar surface area (TPSA) is 235 Å². The minimum absolute atomic E-state index is 0.0830. The summed E-state index contributed by atoms with van der Waals surface area (Å²) in [5.41, 5.74) is 28.2. The zero-order valence-corrected chi connectivity index (χ0v) is 19.7. The van der Waals surface area contributed by atoms with Crippen LogP contribution in [0, 0.1) is 0 Å². The van der Waals surface area contributed by atoms with Gasteiger partial charge in [0.05, 0.1) is 16.8 Å². The number of hydrogen-bond acceptors (Lipinski definition) is 13. The van der Waals surface area contributed by atoms with Gasteiger partial charge in [-0.3, -0.25) is 9.10 Å². The van der Waals surface area contributed by atoms with Crippen molar-refractivity contribution in [1.82, 2.24) is 15.8 Å². The van der Waals surface area contributed by atoms with Crippen molar-refractivity contribution in [3.63, 3.8) is 0 Å². The van der Waals surface area contributed by atoms with Crippen LogP contribution < -0.4 is 49.8 Å². The molecule has 0 aliphatic rings. The lowest BCUT2D eigenvalue weighted by atomic mass is 9.97. The molecule has 0 radical (unpaired) electrons. The van der Waals surface area contributed by atoms with E-state index in [1.807, 2.05) is 12.1 Å². The van der Waals surface area contributed by atoms with Crippen LogP contribution in [0.4, 0.5) is 11.5 Å². The van der Waals surface area contributed by atoms with Crippen molar-refractivity contribution in [2.75, 3.05) is 42.5 Å². The predicted molar refractivity (Wildman–Crippen MR) is 135 cm³/mol. The van der Waals surface area contributed by atoms with E-state index in [0.717, 1.165) is 17.1 Å². The summed E-state index contributed by atoms with van der Waals surface area (Å²) in [5, 5.41) is 6.65. The van der Waals surface area contributed by atoms with E-state index in [0.29, 0.717) is 47.8 Å². The largest absolute Gasteiger partial charge is 0.383 e. The first-order valence-corrected chi connectivity index (χ1v) is 11.4. The number of amidine groups is 1. The highest BCUT2D eigenvalue weighted by Gasteiger charge is 2.23. The van der Waals surface area contributed by atoms with Gasteiger partial charge in [-0.2, -0.15) is 0 Å². The molecule has 33 heavy (non-hydrogen) atoms. The smallest absolute Gasteiger partial charge is 0.255 e. The third kappa shape index (κ3) is 6.61. The molecule has 1 aromatic heterocycles. The fraction of sp³-hybridized carbons (Fsp3) is 0.278. The number of anilines is 2. The average Bonchev–Trinajstić information content (AvgIpc) is 2.81. The van der Waals surface area contributed by atoms with Crippen LogP contribution in [-0.4, -0.2) is 49.2 Å². The molecule has 2 aromatic rings. The number of rotatable bonds is 12. The van der Waals surface area contributed by atoms with E-state index in [1.165, 1.54) is 11.8 Å². The number of benzene rings is 1. The van der Waals surface area contributed by atoms with Crippen molar-refractivity contribution in [2.45, 2.75) is 4.90 Å². The number of nitrogen functional groups attached to an aromatic ring is 1. The minimum Gasteiger partial charge on any atom is -0.383 e. The maximum absolute atomic E-state index is 12.5. The number of thioether (sulfide) groups is 1. The fourth-order valence-corrected chi connectivity index (χ4v) is 4.31. The van der Waals surface area contributed by atoms with Crippen molar-refractivity contribution in [3.8, 4) is 11.1 Å². The first-order valence-electron chi connectivity index (χ1n) is 9.69. The van der Waals surface area contributed by atoms with Crippen LogP contribution in [0.1, 0.15) is 15.9 Å². The highest BCUT2D eigenvalue weighted by molar-refractivity contribution is 7.99. The van der Waals surface area contributed by atoms with Gasteiger partial charge in [-0.15, -0.1) is 16.9 Å². The van der Waals surface area contributed by atoms with E-state index in [-0.39, 0.29) is 17.2 Å². The molecule has 1 heterocycles. The van der Waals surface area contributed by atoms with Gasteiger partial charge in [0.25, 0.3) is 5.91 Å². The number of carbonyl (C=O) groups excluding carboxylic acids is 1. The molecule has 2 rings (SSSR count). The van der Waals surface area contributed by atoms with Crippen LogP contribution in [-0.2, 0) is 4.28 Å². The number of nitrogens with one attached hydrogen (secondary N) is 2. The molecule has 13 nitrogen and oxygen atoms in total. The molecule has 0 fully saturated rings. The van der Waals surface area contributed by atoms with E-state index in [2.05, 4.69) is 20.9 Å². The lowest BCUT2D eigenvalue weighted by molar-refractivity contribution is 0.0955. The summed E-state index contributed by atoms with van der Waals surface area (Å²) < 4.78 is 6.45. The molecule has 0 aliphatic heterocycles. The molecule has 0 saturated heterocycles. The molecule has 14 N–H and O–H groups in total. The van der Waals surface area contributed by atoms with E-state index in [4.69, 9.17) is 39.0 Å². The lowest BCUT2D eigenvalue weighted by Gasteiger charge is -2.24. The lowest BCUT2D eigenvalue weighted by Crippen LogP contribution is -2.29. The number of hydrazine groups is 1. The Kier molecular flexibility index (Phi) is 10.5. The summed E-state index contributed by atoms with van der Waals surface area (Å²) in [6.45, 7) is 1.07. The van der Waals surface area contributed by atoms with Crippen LogP contribution in [0.5, 0.6) is 0 Å². The Morgan fingerprint density at radius 2 is 2.06 bits per heavy atom. The second-order valence-electron chi connectivity index (χ2n) is 6.47. The maximum Gasteiger partial charge on any atom is 0.255 e. The molecule has 0 bridgehead atoms. The second kappa shape index (κ2) is 13.0. The van der Waals surface area contributed by atoms with Crippen molar-refractivity contribution >= 4 is 47.2 Å². The standard InChI is InChI=1S/C18H29N11O2S2/c1-29(33-31-24)15-13(32-7-5-20)3-2-11(14(15)17(22)27-28-23)10-8-12(16(21)26-9-10)18(30)25-6-4-19/h2-3,8-9,28H,4-7,19-20,23-24H2,1H3,(H2,21,26)(H2,22,27)(H,25,30). The number of nitrogens with zero attached hydrogens (tertiary/aromatic N) is 3. The van der Waals surface area contributed by atoms with Gasteiger partial charge in [0.2, 0.25) is 0 Å². The predicted octanol–water partition coefficient (Wildman–Crippen LogP) is -0.957. The number of hydrazone groups is 1.